The van der Waals surface area contributed by atoms with Gasteiger partial charge in [-0.15, -0.1) is 0 Å². The topological polar surface area (TPSA) is 83.6 Å². The van der Waals surface area contributed by atoms with Gasteiger partial charge in [0.1, 0.15) is 6.33 Å². The number of aliphatic hydroxyl groups is 1. The van der Waals surface area contributed by atoms with Crippen LogP contribution < -0.4 is 0 Å². The molecule has 0 atom stereocenters. The first-order valence-corrected chi connectivity index (χ1v) is 7.29. The number of carbonyl (C=O) groups is 1. The van der Waals surface area contributed by atoms with Gasteiger partial charge in [-0.1, -0.05) is 12.8 Å². The molecule has 1 aliphatic carbocycles. The van der Waals surface area contributed by atoms with E-state index in [4.69, 9.17) is 0 Å². The SMILES string of the molecule is Cc1c(C(=O)N(CCO)C2CCCC2)cnc2ncnn12. The zero-order valence-electron chi connectivity index (χ0n) is 12.1. The monoisotopic (exact) mass is 289 g/mol. The minimum Gasteiger partial charge on any atom is -0.395 e. The second-order valence-electron chi connectivity index (χ2n) is 5.39. The van der Waals surface area contributed by atoms with Crippen LogP contribution in [0.25, 0.3) is 5.78 Å². The quantitative estimate of drug-likeness (QED) is 0.900. The molecule has 2 aromatic rings. The Morgan fingerprint density at radius 2 is 2.19 bits per heavy atom. The molecule has 0 saturated heterocycles. The Kier molecular flexibility index (Phi) is 3.83. The molecule has 0 aromatic carbocycles. The molecule has 112 valence electrons. The van der Waals surface area contributed by atoms with Gasteiger partial charge in [-0.05, 0) is 19.8 Å². The maximum absolute atomic E-state index is 12.8. The molecule has 7 heteroatoms. The fourth-order valence-corrected chi connectivity index (χ4v) is 3.03. The fraction of sp³-hybridized carbons (Fsp3) is 0.571. The summed E-state index contributed by atoms with van der Waals surface area (Å²) in [4.78, 5) is 22.8. The lowest BCUT2D eigenvalue weighted by atomic mass is 10.1. The molecule has 3 rings (SSSR count). The zero-order chi connectivity index (χ0) is 14.8. The average molecular weight is 289 g/mol. The Balaban J connectivity index is 1.94. The molecule has 0 spiro atoms. The molecule has 1 amide bonds. The summed E-state index contributed by atoms with van der Waals surface area (Å²) < 4.78 is 1.57. The molecule has 0 aliphatic heterocycles. The van der Waals surface area contributed by atoms with Gasteiger partial charge < -0.3 is 10.0 Å². The van der Waals surface area contributed by atoms with E-state index in [0.29, 0.717) is 17.9 Å². The molecule has 7 nitrogen and oxygen atoms in total. The molecule has 0 unspecified atom stereocenters. The lowest BCUT2D eigenvalue weighted by Crippen LogP contribution is -2.41. The van der Waals surface area contributed by atoms with Crippen LogP contribution in [0, 0.1) is 6.92 Å². The van der Waals surface area contributed by atoms with Crippen LogP contribution in [0.3, 0.4) is 0 Å². The number of hydrogen-bond acceptors (Lipinski definition) is 5. The maximum atomic E-state index is 12.8. The van der Waals surface area contributed by atoms with Gasteiger partial charge >= 0.3 is 0 Å². The summed E-state index contributed by atoms with van der Waals surface area (Å²) in [5.74, 6) is 0.400. The molecular weight excluding hydrogens is 270 g/mol. The molecule has 1 N–H and O–H groups in total. The Morgan fingerprint density at radius 3 is 2.90 bits per heavy atom. The summed E-state index contributed by atoms with van der Waals surface area (Å²) in [6, 6.07) is 0.218. The maximum Gasteiger partial charge on any atom is 0.257 e. The first-order chi connectivity index (χ1) is 10.2. The Morgan fingerprint density at radius 1 is 1.43 bits per heavy atom. The van der Waals surface area contributed by atoms with E-state index in [1.165, 1.54) is 6.33 Å². The summed E-state index contributed by atoms with van der Waals surface area (Å²) >= 11 is 0. The molecule has 0 radical (unpaired) electrons. The first-order valence-electron chi connectivity index (χ1n) is 7.29. The smallest absolute Gasteiger partial charge is 0.257 e. The minimum atomic E-state index is -0.0849. The second-order valence-corrected chi connectivity index (χ2v) is 5.39. The third-order valence-electron chi connectivity index (χ3n) is 4.14. The highest BCUT2D eigenvalue weighted by Crippen LogP contribution is 2.25. The predicted molar refractivity (Wildman–Crippen MR) is 75.9 cm³/mol. The lowest BCUT2D eigenvalue weighted by Gasteiger charge is -2.28. The van der Waals surface area contributed by atoms with E-state index in [0.717, 1.165) is 31.4 Å². The van der Waals surface area contributed by atoms with E-state index in [1.807, 2.05) is 6.92 Å². The van der Waals surface area contributed by atoms with E-state index < -0.39 is 0 Å². The zero-order valence-corrected chi connectivity index (χ0v) is 12.1. The Labute approximate surface area is 122 Å². The van der Waals surface area contributed by atoms with Crippen molar-refractivity contribution >= 4 is 11.7 Å². The van der Waals surface area contributed by atoms with Crippen LogP contribution in [0.5, 0.6) is 0 Å². The number of hydrogen-bond donors (Lipinski definition) is 1. The van der Waals surface area contributed by atoms with Gasteiger partial charge in [-0.3, -0.25) is 4.79 Å². The van der Waals surface area contributed by atoms with Crippen LogP contribution in [-0.4, -0.2) is 54.7 Å². The van der Waals surface area contributed by atoms with Crippen LogP contribution in [-0.2, 0) is 0 Å². The van der Waals surface area contributed by atoms with Crippen LogP contribution in [0.1, 0.15) is 41.7 Å². The van der Waals surface area contributed by atoms with Crippen LogP contribution in [0.15, 0.2) is 12.5 Å². The molecule has 0 bridgehead atoms. The van der Waals surface area contributed by atoms with Crippen molar-refractivity contribution in [2.24, 2.45) is 0 Å². The number of fused-ring (bicyclic) bond motifs is 1. The largest absolute Gasteiger partial charge is 0.395 e. The van der Waals surface area contributed by atoms with Crippen molar-refractivity contribution in [1.82, 2.24) is 24.5 Å². The Bertz CT molecular complexity index is 648. The number of rotatable bonds is 4. The van der Waals surface area contributed by atoms with E-state index in [-0.39, 0.29) is 18.6 Å². The van der Waals surface area contributed by atoms with Crippen molar-refractivity contribution in [3.63, 3.8) is 0 Å². The van der Waals surface area contributed by atoms with Crippen LogP contribution in [0.2, 0.25) is 0 Å². The van der Waals surface area contributed by atoms with Gasteiger partial charge in [0.05, 0.1) is 17.9 Å². The summed E-state index contributed by atoms with van der Waals surface area (Å²) in [6.45, 7) is 2.17. The summed E-state index contributed by atoms with van der Waals surface area (Å²) in [7, 11) is 0. The highest BCUT2D eigenvalue weighted by atomic mass is 16.3. The van der Waals surface area contributed by atoms with Crippen molar-refractivity contribution in [2.75, 3.05) is 13.2 Å². The number of nitrogens with zero attached hydrogens (tertiary/aromatic N) is 5. The molecule has 2 aromatic heterocycles. The summed E-state index contributed by atoms with van der Waals surface area (Å²) in [5, 5.41) is 13.4. The van der Waals surface area contributed by atoms with Crippen LogP contribution >= 0.6 is 0 Å². The van der Waals surface area contributed by atoms with Gasteiger partial charge in [0.15, 0.2) is 0 Å². The van der Waals surface area contributed by atoms with Gasteiger partial charge in [-0.25, -0.2) is 9.50 Å². The van der Waals surface area contributed by atoms with Crippen molar-refractivity contribution in [1.29, 1.82) is 0 Å². The van der Waals surface area contributed by atoms with Gasteiger partial charge in [0, 0.05) is 18.8 Å². The highest BCUT2D eigenvalue weighted by Gasteiger charge is 2.28. The van der Waals surface area contributed by atoms with Crippen molar-refractivity contribution in [2.45, 2.75) is 38.6 Å². The van der Waals surface area contributed by atoms with E-state index >= 15 is 0 Å². The normalized spacial score (nSPS) is 15.7. The van der Waals surface area contributed by atoms with Gasteiger partial charge in [0.2, 0.25) is 0 Å². The number of aryl methyl sites for hydroxylation is 1. The fourth-order valence-electron chi connectivity index (χ4n) is 3.03. The first kappa shape index (κ1) is 13.9. The second kappa shape index (κ2) is 5.77. The molecular formula is C14H19N5O2. The van der Waals surface area contributed by atoms with E-state index in [9.17, 15) is 9.90 Å². The lowest BCUT2D eigenvalue weighted by molar-refractivity contribution is 0.0636. The minimum absolute atomic E-state index is 0.0275. The number of aromatic nitrogens is 4. The van der Waals surface area contributed by atoms with Crippen molar-refractivity contribution in [3.05, 3.63) is 23.8 Å². The number of carbonyl (C=O) groups excluding carboxylic acids is 1. The molecule has 1 fully saturated rings. The third-order valence-corrected chi connectivity index (χ3v) is 4.14. The summed E-state index contributed by atoms with van der Waals surface area (Å²) in [6.07, 6.45) is 7.26. The van der Waals surface area contributed by atoms with Gasteiger partial charge in [0.25, 0.3) is 11.7 Å². The standard InChI is InChI=1S/C14H19N5O2/c1-10-12(8-15-14-16-9-17-19(10)14)13(21)18(6-7-20)11-4-2-3-5-11/h8-9,11,20H,2-7H2,1H3. The number of amides is 1. The third kappa shape index (κ3) is 2.49. The van der Waals surface area contributed by atoms with Gasteiger partial charge in [-0.2, -0.15) is 10.1 Å². The molecule has 1 saturated carbocycles. The van der Waals surface area contributed by atoms with E-state index in [2.05, 4.69) is 15.1 Å². The molecule has 1 aliphatic rings. The van der Waals surface area contributed by atoms with Crippen LogP contribution in [0.4, 0.5) is 0 Å². The highest BCUT2D eigenvalue weighted by molar-refractivity contribution is 5.95. The Hall–Kier alpha value is -2.02. The molecule has 21 heavy (non-hydrogen) atoms. The van der Waals surface area contributed by atoms with Crippen molar-refractivity contribution < 1.29 is 9.90 Å². The predicted octanol–water partition coefficient (Wildman–Crippen LogP) is 0.810. The summed E-state index contributed by atoms with van der Waals surface area (Å²) in [5.41, 5.74) is 1.25. The average Bonchev–Trinajstić information content (AvgIpc) is 3.15. The number of aliphatic hydroxyl groups excluding tert-OH is 1. The van der Waals surface area contributed by atoms with Crippen molar-refractivity contribution in [3.8, 4) is 0 Å². The van der Waals surface area contributed by atoms with E-state index in [1.54, 1.807) is 15.6 Å². The molecule has 2 heterocycles.